The van der Waals surface area contributed by atoms with Crippen molar-refractivity contribution in [2.24, 2.45) is 33.8 Å². The number of guanidine groups is 1. The van der Waals surface area contributed by atoms with Crippen LogP contribution in [0.1, 0.15) is 94.9 Å². The highest BCUT2D eigenvalue weighted by molar-refractivity contribution is 14.1. The molecule has 31 nitrogen and oxygen atoms in total. The second-order valence-corrected chi connectivity index (χ2v) is 26.6. The Kier molecular flexibility index (Phi) is 31.6. The standard InChI is InChI=1S/C70H92IN17O14/c1-39(2)31-52(61(94)82-51(15-9-28-77-69(73)74)68(101)88-30-10-16-58(88)67(100)79-40(3)59(72)92)83-60(93)50(14-8-29-78-70(75)102)81-63(96)54(34-43-20-25-49(91)26-21-43)86-66(99)57(38-89)87-65(98)56(36-45-11-7-27-76-37-45)85-64(97)55(33-42-18-23-48(71)24-19-42)84-62(95)53(80-41(4)90)35-44-17-22-46-12-5-6-13-47(46)32-44/h5-7,11-13,17-27,32,37,39-40,50-58,89,91H,8-10,14-16,28-31,33-36,38H2,1-4H3,(H2,72,92)(H,79,100)(H,80,90)(H,81,96)(H,82,94)(H,83,93)(H,84,95)(H,85,97)(H,86,99)(H,87,98)(H4,73,74,77)(H3,75,78,102). The molecule has 1 saturated heterocycles. The van der Waals surface area contributed by atoms with Crippen molar-refractivity contribution in [2.75, 3.05) is 26.2 Å². The molecule has 0 spiro atoms. The van der Waals surface area contributed by atoms with E-state index in [1.807, 2.05) is 42.5 Å². The number of likely N-dealkylation sites (tertiary alicyclic amines) is 1. The van der Waals surface area contributed by atoms with Gasteiger partial charge in [0.25, 0.3) is 0 Å². The van der Waals surface area contributed by atoms with Gasteiger partial charge in [-0.25, -0.2) is 4.79 Å². The van der Waals surface area contributed by atoms with Crippen LogP contribution in [0, 0.1) is 9.49 Å². The van der Waals surface area contributed by atoms with Gasteiger partial charge in [0.2, 0.25) is 65.0 Å². The number of carbonyl (C=O) groups excluding carboxylic acids is 12. The first-order chi connectivity index (χ1) is 48.6. The van der Waals surface area contributed by atoms with Crippen LogP contribution in [0.3, 0.4) is 0 Å². The number of halogens is 1. The lowest BCUT2D eigenvalue weighted by Crippen LogP contribution is -2.61. The highest BCUT2D eigenvalue weighted by atomic mass is 127. The number of aliphatic hydroxyl groups excluding tert-OH is 1. The quantitative estimate of drug-likeness (QED) is 0.00999. The molecular weight excluding hydrogens is 1430 g/mol. The van der Waals surface area contributed by atoms with Crippen molar-refractivity contribution in [2.45, 2.75) is 159 Å². The predicted octanol–water partition coefficient (Wildman–Crippen LogP) is -0.765. The van der Waals surface area contributed by atoms with Gasteiger partial charge in [0.15, 0.2) is 5.96 Å². The Morgan fingerprint density at radius 2 is 1.07 bits per heavy atom. The van der Waals surface area contributed by atoms with Crippen LogP contribution < -0.4 is 76.1 Å². The summed E-state index contributed by atoms with van der Waals surface area (Å²) >= 11 is 2.12. The van der Waals surface area contributed by atoms with E-state index in [0.29, 0.717) is 28.7 Å². The second-order valence-electron chi connectivity index (χ2n) is 25.4. The van der Waals surface area contributed by atoms with Crippen molar-refractivity contribution in [1.82, 2.24) is 63.1 Å². The normalized spacial score (nSPS) is 15.2. The summed E-state index contributed by atoms with van der Waals surface area (Å²) < 4.78 is 0.883. The van der Waals surface area contributed by atoms with Gasteiger partial charge < -0.3 is 91.2 Å². The van der Waals surface area contributed by atoms with Crippen LogP contribution in [0.4, 0.5) is 4.79 Å². The molecule has 1 aliphatic heterocycles. The van der Waals surface area contributed by atoms with Crippen molar-refractivity contribution in [3.8, 4) is 5.75 Å². The van der Waals surface area contributed by atoms with Crippen molar-refractivity contribution in [3.63, 3.8) is 0 Å². The van der Waals surface area contributed by atoms with Crippen molar-refractivity contribution < 1.29 is 67.7 Å². The molecular formula is C70H92IN17O14. The number of hydrogen-bond donors (Lipinski definition) is 16. The number of aromatic hydroxyl groups is 1. The zero-order valence-corrected chi connectivity index (χ0v) is 59.4. The molecule has 20 N–H and O–H groups in total. The van der Waals surface area contributed by atoms with Gasteiger partial charge in [-0.05, 0) is 144 Å². The lowest BCUT2D eigenvalue weighted by atomic mass is 9.99. The molecule has 548 valence electrons. The molecule has 13 amide bonds. The average Bonchev–Trinajstić information content (AvgIpc) is 1.13. The van der Waals surface area contributed by atoms with Gasteiger partial charge in [-0.1, -0.05) is 86.6 Å². The maximum absolute atomic E-state index is 14.9. The van der Waals surface area contributed by atoms with Crippen LogP contribution in [0.5, 0.6) is 5.75 Å². The molecule has 0 radical (unpaired) electrons. The fourth-order valence-corrected chi connectivity index (χ4v) is 11.8. The number of primary amides is 2. The molecule has 5 aromatic rings. The minimum Gasteiger partial charge on any atom is -0.508 e. The summed E-state index contributed by atoms with van der Waals surface area (Å²) in [6, 6.07) is 14.4. The van der Waals surface area contributed by atoms with Gasteiger partial charge in [0, 0.05) is 68.2 Å². The molecule has 1 fully saturated rings. The Labute approximate surface area is 603 Å². The highest BCUT2D eigenvalue weighted by Crippen LogP contribution is 2.22. The summed E-state index contributed by atoms with van der Waals surface area (Å²) in [5, 5.41) is 49.3. The molecule has 10 unspecified atom stereocenters. The largest absolute Gasteiger partial charge is 0.508 e. The van der Waals surface area contributed by atoms with Crippen LogP contribution in [-0.4, -0.2) is 184 Å². The Hall–Kier alpha value is -10.5. The van der Waals surface area contributed by atoms with E-state index in [4.69, 9.17) is 22.9 Å². The first kappa shape index (κ1) is 80.5. The van der Waals surface area contributed by atoms with Gasteiger partial charge >= 0.3 is 6.03 Å². The fraction of sp³-hybridized carbons (Fsp3) is 0.429. The van der Waals surface area contributed by atoms with Crippen LogP contribution in [0.2, 0.25) is 0 Å². The summed E-state index contributed by atoms with van der Waals surface area (Å²) in [7, 11) is 0. The highest BCUT2D eigenvalue weighted by Gasteiger charge is 2.40. The van der Waals surface area contributed by atoms with Gasteiger partial charge in [-0.3, -0.25) is 62.7 Å². The SMILES string of the molecule is CC(=O)NC(Cc1ccc2ccccc2c1)C(=O)NC(Cc1ccc(I)cc1)C(=O)NC(Cc1cccnc1)C(=O)NC(CO)C(=O)NC(Cc1ccc(O)cc1)C(=O)NC(CCCNC(N)=O)C(=O)NC(CC(C)C)C(=O)NC(CCCN=C(N)N)C(=O)N1CCCC1C(=O)NC(C)C(N)=O. The van der Waals surface area contributed by atoms with Crippen molar-refractivity contribution in [3.05, 3.63) is 141 Å². The topological polar surface area (TPSA) is 498 Å². The molecule has 102 heavy (non-hydrogen) atoms. The number of phenols is 1. The Morgan fingerprint density at radius 3 is 1.63 bits per heavy atom. The van der Waals surface area contributed by atoms with Gasteiger partial charge in [0.1, 0.15) is 66.2 Å². The number of rotatable bonds is 38. The second kappa shape index (κ2) is 40.1. The molecule has 1 aliphatic rings. The van der Waals surface area contributed by atoms with Crippen LogP contribution in [0.15, 0.2) is 121 Å². The summed E-state index contributed by atoms with van der Waals surface area (Å²) in [5.74, 6) is -9.70. The lowest BCUT2D eigenvalue weighted by molar-refractivity contribution is -0.142. The lowest BCUT2D eigenvalue weighted by Gasteiger charge is -2.31. The summed E-state index contributed by atoms with van der Waals surface area (Å²) in [4.78, 5) is 176. The molecule has 32 heteroatoms. The minimum atomic E-state index is -1.84. The first-order valence-electron chi connectivity index (χ1n) is 33.5. The zero-order chi connectivity index (χ0) is 74.6. The maximum atomic E-state index is 14.9. The predicted molar refractivity (Wildman–Crippen MR) is 386 cm³/mol. The number of nitrogens with two attached hydrogens (primary N) is 4. The van der Waals surface area contributed by atoms with E-state index in [2.05, 4.69) is 85.7 Å². The van der Waals surface area contributed by atoms with E-state index in [0.717, 1.165) is 14.3 Å². The summed E-state index contributed by atoms with van der Waals surface area (Å²) in [5.41, 5.74) is 24.0. The molecule has 10 atom stereocenters. The third-order valence-electron chi connectivity index (χ3n) is 16.7. The van der Waals surface area contributed by atoms with Gasteiger partial charge in [0.05, 0.1) is 6.61 Å². The van der Waals surface area contributed by atoms with Crippen LogP contribution in [0.25, 0.3) is 10.8 Å². The van der Waals surface area contributed by atoms with E-state index in [-0.39, 0.29) is 101 Å². The third-order valence-corrected chi connectivity index (χ3v) is 17.4. The van der Waals surface area contributed by atoms with Crippen molar-refractivity contribution in [1.29, 1.82) is 0 Å². The van der Waals surface area contributed by atoms with Crippen LogP contribution in [-0.2, 0) is 78.4 Å². The van der Waals surface area contributed by atoms with Gasteiger partial charge in [-0.15, -0.1) is 0 Å². The Morgan fingerprint density at radius 1 is 0.569 bits per heavy atom. The number of aliphatic imine (C=N–C) groups is 1. The molecule has 4 aromatic carbocycles. The Bertz CT molecular complexity index is 3770. The number of nitrogens with zero attached hydrogens (tertiary/aromatic N) is 3. The minimum absolute atomic E-state index is 0.00431. The summed E-state index contributed by atoms with van der Waals surface area (Å²) in [6.45, 7) is 5.19. The number of pyridine rings is 1. The third kappa shape index (κ3) is 26.2. The van der Waals surface area contributed by atoms with Gasteiger partial charge in [-0.2, -0.15) is 0 Å². The maximum Gasteiger partial charge on any atom is 0.312 e. The fourth-order valence-electron chi connectivity index (χ4n) is 11.4. The number of amides is 13. The van der Waals surface area contributed by atoms with Crippen LogP contribution >= 0.6 is 22.6 Å². The Balaban J connectivity index is 1.26. The number of hydrogen-bond acceptors (Lipinski definition) is 16. The van der Waals surface area contributed by atoms with E-state index in [9.17, 15) is 67.7 Å². The van der Waals surface area contributed by atoms with E-state index in [1.54, 1.807) is 50.2 Å². The van der Waals surface area contributed by atoms with E-state index < -0.39 is 138 Å². The summed E-state index contributed by atoms with van der Waals surface area (Å²) in [6.07, 6.45) is 2.84. The number of urea groups is 1. The number of aliphatic hydroxyl groups is 1. The number of phenolic OH excluding ortho intramolecular Hbond substituents is 1. The molecule has 2 heterocycles. The molecule has 0 saturated carbocycles. The number of fused-ring (bicyclic) bond motifs is 1. The number of aromatic nitrogens is 1. The molecule has 6 rings (SSSR count). The number of nitrogens with one attached hydrogen (secondary N) is 10. The van der Waals surface area contributed by atoms with Crippen molar-refractivity contribution >= 4 is 110 Å². The number of benzene rings is 4. The molecule has 0 aliphatic carbocycles. The first-order valence-corrected chi connectivity index (χ1v) is 34.5. The zero-order valence-electron chi connectivity index (χ0n) is 57.2. The monoisotopic (exact) mass is 1520 g/mol. The number of carbonyl (C=O) groups is 12. The molecule has 1 aromatic heterocycles. The smallest absolute Gasteiger partial charge is 0.312 e. The average molecular weight is 1520 g/mol. The van der Waals surface area contributed by atoms with E-state index in [1.165, 1.54) is 55.4 Å². The molecule has 0 bridgehead atoms. The van der Waals surface area contributed by atoms with E-state index >= 15 is 0 Å².